The Morgan fingerprint density at radius 3 is 2.77 bits per heavy atom. The van der Waals surface area contributed by atoms with Crippen LogP contribution in [-0.2, 0) is 17.9 Å². The number of aromatic nitrogens is 3. The summed E-state index contributed by atoms with van der Waals surface area (Å²) in [6.07, 6.45) is 3.68. The number of benzene rings is 2. The number of nitrogens with zero attached hydrogens (tertiary/aromatic N) is 4. The number of aryl methyl sites for hydroxylation is 3. The van der Waals surface area contributed by atoms with Crippen LogP contribution in [0.5, 0.6) is 0 Å². The number of rotatable bonds is 6. The zero-order valence-electron chi connectivity index (χ0n) is 17.1. The predicted molar refractivity (Wildman–Crippen MR) is 120 cm³/mol. The van der Waals surface area contributed by atoms with E-state index in [9.17, 15) is 4.79 Å². The second-order valence-corrected chi connectivity index (χ2v) is 7.16. The standard InChI is InChI=1S/C24H23N5O/c1-3-28-21-8-5-4-7-19(21)20-16-18(9-11-22(20)28)10-12-24(30)26-23-15-17(2)27-29(23)14-6-13-25/h4-5,7-12,15-16H,3,6,14H2,1-2H3,(H,26,30)/b12-10+. The quantitative estimate of drug-likeness (QED) is 0.471. The normalized spacial score (nSPS) is 11.4. The van der Waals surface area contributed by atoms with Gasteiger partial charge in [-0.2, -0.15) is 10.4 Å². The first-order chi connectivity index (χ1) is 14.6. The maximum atomic E-state index is 12.4. The monoisotopic (exact) mass is 397 g/mol. The minimum atomic E-state index is -0.232. The number of para-hydroxylation sites is 1. The van der Waals surface area contributed by atoms with Crippen molar-refractivity contribution in [3.8, 4) is 6.07 Å². The van der Waals surface area contributed by atoms with Gasteiger partial charge in [-0.15, -0.1) is 0 Å². The molecule has 0 bridgehead atoms. The van der Waals surface area contributed by atoms with Gasteiger partial charge in [0.05, 0.1) is 24.7 Å². The highest BCUT2D eigenvalue weighted by molar-refractivity contribution is 6.09. The van der Waals surface area contributed by atoms with Crippen LogP contribution in [0, 0.1) is 18.3 Å². The van der Waals surface area contributed by atoms with E-state index in [2.05, 4.69) is 64.4 Å². The molecule has 0 fully saturated rings. The number of anilines is 1. The van der Waals surface area contributed by atoms with Crippen LogP contribution in [0.3, 0.4) is 0 Å². The Hall–Kier alpha value is -3.85. The van der Waals surface area contributed by atoms with Crippen LogP contribution in [0.2, 0.25) is 0 Å². The van der Waals surface area contributed by atoms with Crippen LogP contribution in [0.4, 0.5) is 5.82 Å². The van der Waals surface area contributed by atoms with Gasteiger partial charge in [0, 0.05) is 40.5 Å². The minimum Gasteiger partial charge on any atom is -0.341 e. The fraction of sp³-hybridized carbons (Fsp3) is 0.208. The smallest absolute Gasteiger partial charge is 0.249 e. The van der Waals surface area contributed by atoms with Crippen molar-refractivity contribution in [2.24, 2.45) is 0 Å². The summed E-state index contributed by atoms with van der Waals surface area (Å²) in [7, 11) is 0. The van der Waals surface area contributed by atoms with Crippen LogP contribution >= 0.6 is 0 Å². The number of carbonyl (C=O) groups excluding carboxylic acids is 1. The lowest BCUT2D eigenvalue weighted by atomic mass is 10.1. The van der Waals surface area contributed by atoms with Crippen molar-refractivity contribution in [1.29, 1.82) is 5.26 Å². The number of nitriles is 1. The average molecular weight is 397 g/mol. The molecule has 0 aliphatic rings. The Bertz CT molecular complexity index is 1300. The SMILES string of the molecule is CCn1c2ccccc2c2cc(/C=C/C(=O)Nc3cc(C)nn3CCC#N)ccc21. The van der Waals surface area contributed by atoms with Gasteiger partial charge in [0.1, 0.15) is 5.82 Å². The molecule has 4 aromatic rings. The van der Waals surface area contributed by atoms with Crippen LogP contribution in [0.1, 0.15) is 24.6 Å². The van der Waals surface area contributed by atoms with Crippen molar-refractivity contribution in [1.82, 2.24) is 14.3 Å². The molecule has 2 aromatic carbocycles. The molecular formula is C24H23N5O. The first-order valence-corrected chi connectivity index (χ1v) is 10.0. The fourth-order valence-corrected chi connectivity index (χ4v) is 3.83. The van der Waals surface area contributed by atoms with E-state index in [1.165, 1.54) is 27.9 Å². The maximum Gasteiger partial charge on any atom is 0.249 e. The third-order valence-electron chi connectivity index (χ3n) is 5.13. The van der Waals surface area contributed by atoms with Gasteiger partial charge in [-0.25, -0.2) is 4.68 Å². The number of nitrogens with one attached hydrogen (secondary N) is 1. The number of carbonyl (C=O) groups is 1. The Morgan fingerprint density at radius 2 is 1.97 bits per heavy atom. The number of hydrogen-bond acceptors (Lipinski definition) is 3. The van der Waals surface area contributed by atoms with Crippen LogP contribution in [0.25, 0.3) is 27.9 Å². The molecular weight excluding hydrogens is 374 g/mol. The summed E-state index contributed by atoms with van der Waals surface area (Å²) in [5.41, 5.74) is 4.17. The third-order valence-corrected chi connectivity index (χ3v) is 5.13. The molecule has 0 saturated heterocycles. The van der Waals surface area contributed by atoms with E-state index in [0.717, 1.165) is 17.8 Å². The summed E-state index contributed by atoms with van der Waals surface area (Å²) in [4.78, 5) is 12.4. The summed E-state index contributed by atoms with van der Waals surface area (Å²) in [6.45, 7) is 5.35. The molecule has 0 saturated carbocycles. The van der Waals surface area contributed by atoms with E-state index in [4.69, 9.17) is 5.26 Å². The Balaban J connectivity index is 1.58. The molecule has 6 nitrogen and oxygen atoms in total. The zero-order valence-corrected chi connectivity index (χ0v) is 17.1. The second-order valence-electron chi connectivity index (χ2n) is 7.16. The van der Waals surface area contributed by atoms with Crippen molar-refractivity contribution in [3.63, 3.8) is 0 Å². The summed E-state index contributed by atoms with van der Waals surface area (Å²) in [5.74, 6) is 0.364. The predicted octanol–water partition coefficient (Wildman–Crippen LogP) is 4.88. The van der Waals surface area contributed by atoms with Crippen LogP contribution in [-0.4, -0.2) is 20.3 Å². The first kappa shape index (κ1) is 19.5. The molecule has 150 valence electrons. The average Bonchev–Trinajstić information content (AvgIpc) is 3.26. The molecule has 2 aromatic heterocycles. The van der Waals surface area contributed by atoms with Crippen molar-refractivity contribution in [3.05, 3.63) is 65.9 Å². The Labute approximate surface area is 175 Å². The van der Waals surface area contributed by atoms with Crippen molar-refractivity contribution >= 4 is 39.6 Å². The van der Waals surface area contributed by atoms with Gasteiger partial charge in [0.25, 0.3) is 0 Å². The highest BCUT2D eigenvalue weighted by Gasteiger charge is 2.10. The van der Waals surface area contributed by atoms with Crippen LogP contribution in [0.15, 0.2) is 54.6 Å². The number of amides is 1. The van der Waals surface area contributed by atoms with Gasteiger partial charge in [0.15, 0.2) is 0 Å². The van der Waals surface area contributed by atoms with E-state index in [1.807, 2.05) is 19.1 Å². The summed E-state index contributed by atoms with van der Waals surface area (Å²) < 4.78 is 3.95. The highest BCUT2D eigenvalue weighted by atomic mass is 16.1. The van der Waals surface area contributed by atoms with Gasteiger partial charge < -0.3 is 9.88 Å². The molecule has 0 atom stereocenters. The summed E-state index contributed by atoms with van der Waals surface area (Å²) in [6, 6.07) is 18.5. The Kier molecular flexibility index (Phi) is 5.36. The number of fused-ring (bicyclic) bond motifs is 3. The van der Waals surface area contributed by atoms with Gasteiger partial charge >= 0.3 is 0 Å². The lowest BCUT2D eigenvalue weighted by Gasteiger charge is -2.05. The highest BCUT2D eigenvalue weighted by Crippen LogP contribution is 2.30. The minimum absolute atomic E-state index is 0.232. The van der Waals surface area contributed by atoms with Crippen LogP contribution < -0.4 is 5.32 Å². The van der Waals surface area contributed by atoms with Crippen molar-refractivity contribution < 1.29 is 4.79 Å². The lowest BCUT2D eigenvalue weighted by Crippen LogP contribution is -2.13. The van der Waals surface area contributed by atoms with Gasteiger partial charge in [-0.3, -0.25) is 4.79 Å². The van der Waals surface area contributed by atoms with E-state index >= 15 is 0 Å². The molecule has 6 heteroatoms. The molecule has 1 N–H and O–H groups in total. The molecule has 0 aliphatic heterocycles. The summed E-state index contributed by atoms with van der Waals surface area (Å²) >= 11 is 0. The van der Waals surface area contributed by atoms with Gasteiger partial charge in [-0.1, -0.05) is 24.3 Å². The Morgan fingerprint density at radius 1 is 1.17 bits per heavy atom. The lowest BCUT2D eigenvalue weighted by molar-refractivity contribution is -0.111. The topological polar surface area (TPSA) is 75.6 Å². The molecule has 0 spiro atoms. The zero-order chi connectivity index (χ0) is 21.1. The summed E-state index contributed by atoms with van der Waals surface area (Å²) in [5, 5.41) is 18.3. The molecule has 0 radical (unpaired) electrons. The van der Waals surface area contributed by atoms with E-state index < -0.39 is 0 Å². The van der Waals surface area contributed by atoms with E-state index in [0.29, 0.717) is 18.8 Å². The fourth-order valence-electron chi connectivity index (χ4n) is 3.83. The molecule has 0 unspecified atom stereocenters. The van der Waals surface area contributed by atoms with Crippen molar-refractivity contribution in [2.45, 2.75) is 33.4 Å². The molecule has 2 heterocycles. The maximum absolute atomic E-state index is 12.4. The second kappa shape index (κ2) is 8.26. The van der Waals surface area contributed by atoms with E-state index in [1.54, 1.807) is 10.7 Å². The molecule has 0 aliphatic carbocycles. The molecule has 30 heavy (non-hydrogen) atoms. The molecule has 4 rings (SSSR count). The van der Waals surface area contributed by atoms with Gasteiger partial charge in [-0.05, 0) is 43.7 Å². The van der Waals surface area contributed by atoms with E-state index in [-0.39, 0.29) is 5.91 Å². The van der Waals surface area contributed by atoms with Crippen molar-refractivity contribution in [2.75, 3.05) is 5.32 Å². The first-order valence-electron chi connectivity index (χ1n) is 10.0. The third kappa shape index (κ3) is 3.70. The number of hydrogen-bond donors (Lipinski definition) is 1. The largest absolute Gasteiger partial charge is 0.341 e. The van der Waals surface area contributed by atoms with Gasteiger partial charge in [0.2, 0.25) is 5.91 Å². The molecule has 1 amide bonds.